The fraction of sp³-hybridized carbons (Fsp3) is 0.562. The van der Waals surface area contributed by atoms with Crippen LogP contribution in [0.1, 0.15) is 45.1 Å². The molecule has 2 rings (SSSR count). The standard InChI is InChI=1S/C16H19ClFN/c1-15(2)6-8-16(11-19,9-7-15)10-12-4-3-5-13(18)14(12)17/h3-5H,6-10H2,1-2H3. The molecule has 0 aliphatic heterocycles. The van der Waals surface area contributed by atoms with Gasteiger partial charge in [-0.25, -0.2) is 4.39 Å². The monoisotopic (exact) mass is 279 g/mol. The lowest BCUT2D eigenvalue weighted by Gasteiger charge is -2.39. The quantitative estimate of drug-likeness (QED) is 0.736. The van der Waals surface area contributed by atoms with Gasteiger partial charge in [-0.2, -0.15) is 5.26 Å². The average Bonchev–Trinajstić information content (AvgIpc) is 2.38. The molecular weight excluding hydrogens is 261 g/mol. The van der Waals surface area contributed by atoms with Crippen molar-refractivity contribution in [3.8, 4) is 6.07 Å². The van der Waals surface area contributed by atoms with E-state index >= 15 is 0 Å². The maximum Gasteiger partial charge on any atom is 0.142 e. The lowest BCUT2D eigenvalue weighted by molar-refractivity contribution is 0.146. The molecule has 0 radical (unpaired) electrons. The van der Waals surface area contributed by atoms with Gasteiger partial charge in [0.2, 0.25) is 0 Å². The molecule has 0 aromatic heterocycles. The number of rotatable bonds is 2. The third-order valence-corrected chi connectivity index (χ3v) is 4.78. The van der Waals surface area contributed by atoms with Crippen LogP contribution in [0, 0.1) is 28.0 Å². The van der Waals surface area contributed by atoms with Gasteiger partial charge >= 0.3 is 0 Å². The summed E-state index contributed by atoms with van der Waals surface area (Å²) in [5.41, 5.74) is 0.682. The molecule has 0 atom stereocenters. The fourth-order valence-corrected chi connectivity index (χ4v) is 2.98. The third kappa shape index (κ3) is 3.09. The summed E-state index contributed by atoms with van der Waals surface area (Å²) in [6, 6.07) is 7.31. The summed E-state index contributed by atoms with van der Waals surface area (Å²) < 4.78 is 13.5. The molecule has 1 fully saturated rings. The lowest BCUT2D eigenvalue weighted by atomic mass is 9.64. The Morgan fingerprint density at radius 2 is 1.89 bits per heavy atom. The van der Waals surface area contributed by atoms with Gasteiger partial charge in [0.25, 0.3) is 0 Å². The molecule has 1 aromatic carbocycles. The Hall–Kier alpha value is -1.07. The van der Waals surface area contributed by atoms with Crippen molar-refractivity contribution < 1.29 is 4.39 Å². The second-order valence-electron chi connectivity index (χ2n) is 6.45. The van der Waals surface area contributed by atoms with Crippen molar-refractivity contribution >= 4 is 11.6 Å². The lowest BCUT2D eigenvalue weighted by Crippen LogP contribution is -2.32. The Balaban J connectivity index is 2.21. The van der Waals surface area contributed by atoms with E-state index in [9.17, 15) is 9.65 Å². The van der Waals surface area contributed by atoms with Crippen molar-refractivity contribution in [1.82, 2.24) is 0 Å². The number of nitriles is 1. The van der Waals surface area contributed by atoms with Crippen LogP contribution in [0.2, 0.25) is 5.02 Å². The first-order valence-corrected chi connectivity index (χ1v) is 7.09. The summed E-state index contributed by atoms with van der Waals surface area (Å²) in [7, 11) is 0. The highest BCUT2D eigenvalue weighted by molar-refractivity contribution is 6.31. The fourth-order valence-electron chi connectivity index (χ4n) is 2.78. The highest BCUT2D eigenvalue weighted by Gasteiger charge is 2.39. The van der Waals surface area contributed by atoms with E-state index in [4.69, 9.17) is 11.6 Å². The first-order chi connectivity index (χ1) is 8.87. The number of hydrogen-bond acceptors (Lipinski definition) is 1. The minimum Gasteiger partial charge on any atom is -0.205 e. The van der Waals surface area contributed by atoms with E-state index in [2.05, 4.69) is 19.9 Å². The van der Waals surface area contributed by atoms with E-state index < -0.39 is 5.82 Å². The molecule has 1 aliphatic rings. The van der Waals surface area contributed by atoms with Crippen molar-refractivity contribution in [2.75, 3.05) is 0 Å². The number of halogens is 2. The first-order valence-electron chi connectivity index (χ1n) is 6.72. The Kier molecular flexibility index (Phi) is 3.87. The maximum absolute atomic E-state index is 13.5. The van der Waals surface area contributed by atoms with E-state index in [1.54, 1.807) is 6.07 Å². The van der Waals surface area contributed by atoms with E-state index in [1.165, 1.54) is 6.07 Å². The van der Waals surface area contributed by atoms with Crippen LogP contribution in [0.5, 0.6) is 0 Å². The topological polar surface area (TPSA) is 23.8 Å². The van der Waals surface area contributed by atoms with Gasteiger partial charge in [0.05, 0.1) is 16.5 Å². The number of benzene rings is 1. The second kappa shape index (κ2) is 5.13. The minimum atomic E-state index is -0.400. The molecule has 0 spiro atoms. The predicted octanol–water partition coefficient (Wildman–Crippen LogP) is 5.13. The highest BCUT2D eigenvalue weighted by Crippen LogP contribution is 2.47. The Bertz CT molecular complexity index is 506. The SMILES string of the molecule is CC1(C)CCC(C#N)(Cc2cccc(F)c2Cl)CC1. The normalized spacial score (nSPS) is 20.8. The maximum atomic E-state index is 13.5. The smallest absolute Gasteiger partial charge is 0.142 e. The molecular formula is C16H19ClFN. The molecule has 102 valence electrons. The van der Waals surface area contributed by atoms with Crippen LogP contribution in [0.15, 0.2) is 18.2 Å². The van der Waals surface area contributed by atoms with Crippen LogP contribution in [0.4, 0.5) is 4.39 Å². The predicted molar refractivity (Wildman–Crippen MR) is 75.4 cm³/mol. The molecule has 19 heavy (non-hydrogen) atoms. The molecule has 3 heteroatoms. The van der Waals surface area contributed by atoms with Gasteiger partial charge in [0.15, 0.2) is 0 Å². The van der Waals surface area contributed by atoms with Crippen molar-refractivity contribution in [2.45, 2.75) is 46.0 Å². The van der Waals surface area contributed by atoms with Gasteiger partial charge in [-0.05, 0) is 49.1 Å². The van der Waals surface area contributed by atoms with Crippen LogP contribution in [0.25, 0.3) is 0 Å². The van der Waals surface area contributed by atoms with Crippen LogP contribution < -0.4 is 0 Å². The molecule has 1 nitrogen and oxygen atoms in total. The van der Waals surface area contributed by atoms with E-state index in [0.717, 1.165) is 31.2 Å². The second-order valence-corrected chi connectivity index (χ2v) is 6.82. The molecule has 0 saturated heterocycles. The number of nitrogens with zero attached hydrogens (tertiary/aromatic N) is 1. The molecule has 1 saturated carbocycles. The zero-order valence-electron chi connectivity index (χ0n) is 11.5. The van der Waals surface area contributed by atoms with Gasteiger partial charge < -0.3 is 0 Å². The summed E-state index contributed by atoms with van der Waals surface area (Å²) in [5, 5.41) is 9.71. The minimum absolute atomic E-state index is 0.168. The van der Waals surface area contributed by atoms with Gasteiger partial charge in [-0.15, -0.1) is 0 Å². The van der Waals surface area contributed by atoms with Gasteiger partial charge in [0, 0.05) is 0 Å². The highest BCUT2D eigenvalue weighted by atomic mass is 35.5. The van der Waals surface area contributed by atoms with Crippen molar-refractivity contribution in [3.63, 3.8) is 0 Å². The molecule has 0 bridgehead atoms. The number of hydrogen-bond donors (Lipinski definition) is 0. The molecule has 1 aromatic rings. The van der Waals surface area contributed by atoms with Crippen molar-refractivity contribution in [2.24, 2.45) is 10.8 Å². The third-order valence-electron chi connectivity index (χ3n) is 4.36. The molecule has 0 N–H and O–H groups in total. The van der Waals surface area contributed by atoms with Crippen molar-refractivity contribution in [1.29, 1.82) is 5.26 Å². The molecule has 0 unspecified atom stereocenters. The molecule has 1 aliphatic carbocycles. The summed E-state index contributed by atoms with van der Waals surface area (Å²) >= 11 is 6.00. The van der Waals surface area contributed by atoms with Gasteiger partial charge in [-0.1, -0.05) is 37.6 Å². The Morgan fingerprint density at radius 1 is 1.26 bits per heavy atom. The zero-order chi connectivity index (χ0) is 14.1. The first kappa shape index (κ1) is 14.3. The van der Waals surface area contributed by atoms with Crippen molar-refractivity contribution in [3.05, 3.63) is 34.6 Å². The Labute approximate surface area is 119 Å². The van der Waals surface area contributed by atoms with Crippen LogP contribution in [-0.2, 0) is 6.42 Å². The summed E-state index contributed by atoms with van der Waals surface area (Å²) in [6.45, 7) is 4.48. The van der Waals surface area contributed by atoms with E-state index in [0.29, 0.717) is 11.8 Å². The van der Waals surface area contributed by atoms with Crippen LogP contribution in [-0.4, -0.2) is 0 Å². The Morgan fingerprint density at radius 3 is 2.47 bits per heavy atom. The summed E-state index contributed by atoms with van der Waals surface area (Å²) in [4.78, 5) is 0. The van der Waals surface area contributed by atoms with E-state index in [1.807, 2.05) is 6.07 Å². The molecule has 0 amide bonds. The summed E-state index contributed by atoms with van der Waals surface area (Å²) in [5.74, 6) is -0.400. The summed E-state index contributed by atoms with van der Waals surface area (Å²) in [6.07, 6.45) is 4.35. The zero-order valence-corrected chi connectivity index (χ0v) is 12.2. The largest absolute Gasteiger partial charge is 0.205 e. The van der Waals surface area contributed by atoms with E-state index in [-0.39, 0.29) is 10.4 Å². The average molecular weight is 280 g/mol. The van der Waals surface area contributed by atoms with Crippen LogP contribution in [0.3, 0.4) is 0 Å². The van der Waals surface area contributed by atoms with Gasteiger partial charge in [-0.3, -0.25) is 0 Å². The van der Waals surface area contributed by atoms with Gasteiger partial charge in [0.1, 0.15) is 5.82 Å². The molecule has 0 heterocycles. The van der Waals surface area contributed by atoms with Crippen LogP contribution >= 0.6 is 11.6 Å².